The smallest absolute Gasteiger partial charge is 0.248 e. The van der Waals surface area contributed by atoms with Crippen LogP contribution in [-0.2, 0) is 16.0 Å². The summed E-state index contributed by atoms with van der Waals surface area (Å²) in [7, 11) is 1.53. The molecule has 0 N–H and O–H groups in total. The average molecular weight is 342 g/mol. The summed E-state index contributed by atoms with van der Waals surface area (Å²) < 4.78 is 18.8. The monoisotopic (exact) mass is 342 g/mol. The summed E-state index contributed by atoms with van der Waals surface area (Å²) in [6.45, 7) is 1.55. The second kappa shape index (κ2) is 8.21. The molecule has 1 aromatic heterocycles. The van der Waals surface area contributed by atoms with Crippen LogP contribution in [0.2, 0.25) is 0 Å². The molecule has 2 aromatic rings. The number of pyridine rings is 1. The third-order valence-corrected chi connectivity index (χ3v) is 4.62. The van der Waals surface area contributed by atoms with Crippen molar-refractivity contribution in [2.24, 2.45) is 0 Å². The van der Waals surface area contributed by atoms with Crippen molar-refractivity contribution >= 4 is 5.91 Å². The topological polar surface area (TPSA) is 42.4 Å². The third-order valence-electron chi connectivity index (χ3n) is 4.62. The second-order valence-electron chi connectivity index (χ2n) is 6.43. The van der Waals surface area contributed by atoms with Gasteiger partial charge < -0.3 is 9.64 Å². The lowest BCUT2D eigenvalue weighted by molar-refractivity contribution is -0.136. The molecule has 1 atom stereocenters. The lowest BCUT2D eigenvalue weighted by Crippen LogP contribution is -2.41. The molecule has 1 aliphatic heterocycles. The maximum atomic E-state index is 13.9. The van der Waals surface area contributed by atoms with E-state index in [-0.39, 0.29) is 24.2 Å². The molecular weight excluding hydrogens is 319 g/mol. The van der Waals surface area contributed by atoms with E-state index in [0.717, 1.165) is 30.8 Å². The van der Waals surface area contributed by atoms with E-state index in [1.807, 2.05) is 29.2 Å². The van der Waals surface area contributed by atoms with Crippen LogP contribution in [0.25, 0.3) is 0 Å². The number of hydrogen-bond acceptors (Lipinski definition) is 3. The van der Waals surface area contributed by atoms with E-state index in [4.69, 9.17) is 9.72 Å². The number of carbonyl (C=O) groups is 1. The number of likely N-dealkylation sites (tertiary alicyclic amines) is 1. The van der Waals surface area contributed by atoms with Crippen LogP contribution in [0.1, 0.15) is 35.7 Å². The lowest BCUT2D eigenvalue weighted by atomic mass is 9.94. The SMILES string of the molecule is COCC(=O)N1CCC[C@@H](c2cccc(Cc3ccccc3F)n2)C1. The summed E-state index contributed by atoms with van der Waals surface area (Å²) in [6, 6.07) is 12.7. The Hall–Kier alpha value is -2.27. The highest BCUT2D eigenvalue weighted by Gasteiger charge is 2.25. The fraction of sp³-hybridized carbons (Fsp3) is 0.400. The molecule has 1 fully saturated rings. The molecule has 0 saturated carbocycles. The van der Waals surface area contributed by atoms with Crippen molar-refractivity contribution in [3.8, 4) is 0 Å². The molecule has 1 aliphatic rings. The van der Waals surface area contributed by atoms with Crippen LogP contribution in [-0.4, -0.2) is 42.6 Å². The van der Waals surface area contributed by atoms with E-state index in [2.05, 4.69) is 0 Å². The van der Waals surface area contributed by atoms with Crippen molar-refractivity contribution < 1.29 is 13.9 Å². The maximum absolute atomic E-state index is 13.9. The van der Waals surface area contributed by atoms with Gasteiger partial charge in [-0.3, -0.25) is 9.78 Å². The number of ether oxygens (including phenoxy) is 1. The molecule has 5 heteroatoms. The van der Waals surface area contributed by atoms with Crippen LogP contribution in [0, 0.1) is 5.82 Å². The van der Waals surface area contributed by atoms with Crippen molar-refractivity contribution in [2.75, 3.05) is 26.8 Å². The molecule has 132 valence electrons. The van der Waals surface area contributed by atoms with Gasteiger partial charge in [0.05, 0.1) is 0 Å². The van der Waals surface area contributed by atoms with Crippen molar-refractivity contribution in [2.45, 2.75) is 25.2 Å². The minimum Gasteiger partial charge on any atom is -0.375 e. The Morgan fingerprint density at radius 2 is 2.12 bits per heavy atom. The molecule has 2 heterocycles. The molecule has 0 unspecified atom stereocenters. The van der Waals surface area contributed by atoms with E-state index in [1.54, 1.807) is 12.1 Å². The van der Waals surface area contributed by atoms with Crippen LogP contribution < -0.4 is 0 Å². The highest BCUT2D eigenvalue weighted by molar-refractivity contribution is 5.77. The number of nitrogens with zero attached hydrogens (tertiary/aromatic N) is 2. The summed E-state index contributed by atoms with van der Waals surface area (Å²) in [5.74, 6) is 0.0357. The van der Waals surface area contributed by atoms with Gasteiger partial charge in [0.15, 0.2) is 0 Å². The maximum Gasteiger partial charge on any atom is 0.248 e. The van der Waals surface area contributed by atoms with E-state index in [0.29, 0.717) is 18.5 Å². The molecule has 0 aliphatic carbocycles. The van der Waals surface area contributed by atoms with Gasteiger partial charge in [0.1, 0.15) is 12.4 Å². The van der Waals surface area contributed by atoms with Gasteiger partial charge in [-0.05, 0) is 36.6 Å². The highest BCUT2D eigenvalue weighted by atomic mass is 19.1. The molecule has 25 heavy (non-hydrogen) atoms. The number of carbonyl (C=O) groups excluding carboxylic acids is 1. The molecule has 4 nitrogen and oxygen atoms in total. The number of rotatable bonds is 5. The molecule has 3 rings (SSSR count). The van der Waals surface area contributed by atoms with Crippen LogP contribution in [0.5, 0.6) is 0 Å². The van der Waals surface area contributed by atoms with Crippen molar-refractivity contribution in [3.05, 3.63) is 65.2 Å². The summed E-state index contributed by atoms with van der Waals surface area (Å²) in [5.41, 5.74) is 2.47. The van der Waals surface area contributed by atoms with Crippen LogP contribution in [0.15, 0.2) is 42.5 Å². The van der Waals surface area contributed by atoms with Gasteiger partial charge >= 0.3 is 0 Å². The molecule has 1 saturated heterocycles. The van der Waals surface area contributed by atoms with E-state index < -0.39 is 0 Å². The summed E-state index contributed by atoms with van der Waals surface area (Å²) in [4.78, 5) is 18.6. The van der Waals surface area contributed by atoms with E-state index in [9.17, 15) is 9.18 Å². The molecule has 0 spiro atoms. The Morgan fingerprint density at radius 3 is 2.92 bits per heavy atom. The first-order valence-corrected chi connectivity index (χ1v) is 8.63. The van der Waals surface area contributed by atoms with Gasteiger partial charge in [-0.15, -0.1) is 0 Å². The lowest BCUT2D eigenvalue weighted by Gasteiger charge is -2.32. The number of halogens is 1. The fourth-order valence-electron chi connectivity index (χ4n) is 3.32. The second-order valence-corrected chi connectivity index (χ2v) is 6.43. The van der Waals surface area contributed by atoms with Gasteiger partial charge in [0, 0.05) is 43.9 Å². The number of hydrogen-bond donors (Lipinski definition) is 0. The number of amides is 1. The Morgan fingerprint density at radius 1 is 1.28 bits per heavy atom. The summed E-state index contributed by atoms with van der Waals surface area (Å²) >= 11 is 0. The first-order valence-electron chi connectivity index (χ1n) is 8.63. The Labute approximate surface area is 147 Å². The van der Waals surface area contributed by atoms with Crippen LogP contribution in [0.3, 0.4) is 0 Å². The zero-order valence-electron chi connectivity index (χ0n) is 14.5. The predicted octanol–water partition coefficient (Wildman–Crippen LogP) is 3.16. The molecule has 1 amide bonds. The van der Waals surface area contributed by atoms with E-state index >= 15 is 0 Å². The van der Waals surface area contributed by atoms with Crippen molar-refractivity contribution in [1.82, 2.24) is 9.88 Å². The first-order chi connectivity index (χ1) is 12.2. The zero-order valence-corrected chi connectivity index (χ0v) is 14.5. The quantitative estimate of drug-likeness (QED) is 0.838. The predicted molar refractivity (Wildman–Crippen MR) is 93.9 cm³/mol. The Bertz CT molecular complexity index is 735. The van der Waals surface area contributed by atoms with Gasteiger partial charge in [-0.1, -0.05) is 24.3 Å². The minimum absolute atomic E-state index is 0.0229. The van der Waals surface area contributed by atoms with Crippen molar-refractivity contribution in [3.63, 3.8) is 0 Å². The van der Waals surface area contributed by atoms with Gasteiger partial charge in [-0.25, -0.2) is 4.39 Å². The average Bonchev–Trinajstić information content (AvgIpc) is 2.64. The van der Waals surface area contributed by atoms with Crippen molar-refractivity contribution in [1.29, 1.82) is 0 Å². The Balaban J connectivity index is 1.72. The van der Waals surface area contributed by atoms with Gasteiger partial charge in [0.25, 0.3) is 0 Å². The molecular formula is C20H23FN2O2. The number of piperidine rings is 1. The molecule has 1 aromatic carbocycles. The third kappa shape index (κ3) is 4.42. The number of aromatic nitrogens is 1. The summed E-state index contributed by atoms with van der Waals surface area (Å²) in [5, 5.41) is 0. The highest BCUT2D eigenvalue weighted by Crippen LogP contribution is 2.26. The standard InChI is InChI=1S/C20H23FN2O2/c1-25-14-20(24)23-11-5-7-16(13-23)19-10-4-8-17(22-19)12-15-6-2-3-9-18(15)21/h2-4,6,8-10,16H,5,7,11-14H2,1H3/t16-/m1/s1. The number of benzene rings is 1. The van der Waals surface area contributed by atoms with Crippen LogP contribution >= 0.6 is 0 Å². The zero-order chi connectivity index (χ0) is 17.6. The molecule has 0 bridgehead atoms. The van der Waals surface area contributed by atoms with Gasteiger partial charge in [0.2, 0.25) is 5.91 Å². The normalized spacial score (nSPS) is 17.5. The Kier molecular flexibility index (Phi) is 5.76. The largest absolute Gasteiger partial charge is 0.375 e. The molecule has 0 radical (unpaired) electrons. The van der Waals surface area contributed by atoms with Crippen LogP contribution in [0.4, 0.5) is 4.39 Å². The first kappa shape index (κ1) is 17.5. The van der Waals surface area contributed by atoms with E-state index in [1.165, 1.54) is 13.2 Å². The van der Waals surface area contributed by atoms with Gasteiger partial charge in [-0.2, -0.15) is 0 Å². The fourth-order valence-corrected chi connectivity index (χ4v) is 3.32. The minimum atomic E-state index is -0.205. The number of methoxy groups -OCH3 is 1. The summed E-state index contributed by atoms with van der Waals surface area (Å²) in [6.07, 6.45) is 2.44.